The smallest absolute Gasteiger partial charge is 0.415 e. The molecular weight excluding hydrogens is 460 g/mol. The Morgan fingerprint density at radius 3 is 2.75 bits per heavy atom. The van der Waals surface area contributed by atoms with E-state index in [2.05, 4.69) is 20.9 Å². The number of alkyl halides is 2. The van der Waals surface area contributed by atoms with E-state index in [1.54, 1.807) is 32.9 Å². The van der Waals surface area contributed by atoms with Crippen molar-refractivity contribution in [2.45, 2.75) is 39.5 Å². The van der Waals surface area contributed by atoms with Crippen LogP contribution in [0.1, 0.15) is 33.1 Å². The first-order valence-corrected chi connectivity index (χ1v) is 9.41. The number of aromatic nitrogens is 2. The third kappa shape index (κ3) is 4.30. The summed E-state index contributed by atoms with van der Waals surface area (Å²) in [5.74, 6) is 0.446. The molecule has 0 saturated carbocycles. The number of hydrogen-bond acceptors (Lipinski definition) is 4. The molecule has 0 aliphatic carbocycles. The van der Waals surface area contributed by atoms with Gasteiger partial charge in [-0.2, -0.15) is 8.78 Å². The minimum atomic E-state index is -2.85. The number of rotatable bonds is 4. The summed E-state index contributed by atoms with van der Waals surface area (Å²) in [6.07, 6.45) is 1.92. The minimum Gasteiger partial charge on any atom is -0.467 e. The van der Waals surface area contributed by atoms with Crippen LogP contribution in [0.15, 0.2) is 39.5 Å². The van der Waals surface area contributed by atoms with E-state index in [0.29, 0.717) is 10.2 Å². The molecule has 3 aromatic rings. The van der Waals surface area contributed by atoms with Crippen LogP contribution in [-0.2, 0) is 11.3 Å². The first-order chi connectivity index (χ1) is 13.1. The van der Waals surface area contributed by atoms with E-state index in [4.69, 9.17) is 20.8 Å². The van der Waals surface area contributed by atoms with Crippen LogP contribution in [0.5, 0.6) is 0 Å². The van der Waals surface area contributed by atoms with Crippen molar-refractivity contribution in [1.82, 2.24) is 9.55 Å². The predicted octanol–water partition coefficient (Wildman–Crippen LogP) is 6.38. The molecule has 0 aliphatic heterocycles. The van der Waals surface area contributed by atoms with Gasteiger partial charge in [0.2, 0.25) is 0 Å². The van der Waals surface area contributed by atoms with Crippen LogP contribution in [0.4, 0.5) is 19.3 Å². The van der Waals surface area contributed by atoms with Crippen molar-refractivity contribution < 1.29 is 22.7 Å². The van der Waals surface area contributed by atoms with Crippen molar-refractivity contribution in [3.8, 4) is 0 Å². The fourth-order valence-electron chi connectivity index (χ4n) is 2.65. The Kier molecular flexibility index (Phi) is 5.67. The molecule has 0 bridgehead atoms. The Morgan fingerprint density at radius 1 is 1.46 bits per heavy atom. The van der Waals surface area contributed by atoms with Crippen molar-refractivity contribution in [2.75, 3.05) is 4.90 Å². The van der Waals surface area contributed by atoms with Crippen LogP contribution in [0, 0.1) is 0 Å². The summed E-state index contributed by atoms with van der Waals surface area (Å²) in [4.78, 5) is 18.2. The van der Waals surface area contributed by atoms with E-state index in [0.717, 1.165) is 4.57 Å². The number of pyridine rings is 1. The summed E-state index contributed by atoms with van der Waals surface area (Å²) in [6.45, 7) is 2.25. The van der Waals surface area contributed by atoms with Crippen molar-refractivity contribution in [3.63, 3.8) is 0 Å². The summed E-state index contributed by atoms with van der Waals surface area (Å²) in [7, 11) is 0. The number of carbonyl (C=O) groups excluding carboxylic acids is 1. The number of ether oxygens (including phenoxy) is 1. The molecule has 0 aliphatic rings. The van der Waals surface area contributed by atoms with Crippen LogP contribution in [0.3, 0.4) is 0 Å². The molecule has 6 nitrogen and oxygen atoms in total. The van der Waals surface area contributed by atoms with E-state index in [1.807, 2.05) is 0 Å². The molecule has 3 rings (SSSR count). The van der Waals surface area contributed by atoms with Gasteiger partial charge < -0.3 is 9.15 Å². The lowest BCUT2D eigenvalue weighted by Crippen LogP contribution is -2.36. The molecule has 3 aromatic heterocycles. The number of fused-ring (bicyclic) bond motifs is 1. The lowest BCUT2D eigenvalue weighted by molar-refractivity contribution is 0.0572. The topological polar surface area (TPSA) is 60.5 Å². The van der Waals surface area contributed by atoms with E-state index in [1.165, 1.54) is 23.4 Å². The highest BCUT2D eigenvalue weighted by Gasteiger charge is 2.29. The molecule has 0 unspecified atom stereocenters. The SMILES string of the molecule is CC(C)(C)OC(=O)N(Cc1ccco1)c1cc(Cl)nc2c(Br)cn(C(F)F)c12. The van der Waals surface area contributed by atoms with Gasteiger partial charge in [0.05, 0.1) is 28.5 Å². The minimum absolute atomic E-state index is 0.0383. The number of carbonyl (C=O) groups is 1. The molecule has 150 valence electrons. The Balaban J connectivity index is 2.21. The molecule has 0 saturated heterocycles. The van der Waals surface area contributed by atoms with Gasteiger partial charge in [-0.05, 0) is 48.8 Å². The van der Waals surface area contributed by atoms with Gasteiger partial charge in [-0.3, -0.25) is 9.47 Å². The van der Waals surface area contributed by atoms with Gasteiger partial charge in [-0.25, -0.2) is 9.78 Å². The maximum atomic E-state index is 13.6. The van der Waals surface area contributed by atoms with Gasteiger partial charge in [0, 0.05) is 12.3 Å². The number of nitrogens with zero attached hydrogens (tertiary/aromatic N) is 3. The van der Waals surface area contributed by atoms with E-state index >= 15 is 0 Å². The predicted molar refractivity (Wildman–Crippen MR) is 105 cm³/mol. The summed E-state index contributed by atoms with van der Waals surface area (Å²) >= 11 is 9.34. The normalized spacial score (nSPS) is 12.0. The maximum absolute atomic E-state index is 13.6. The molecule has 0 spiro atoms. The second-order valence-electron chi connectivity index (χ2n) is 6.97. The number of furan rings is 1. The van der Waals surface area contributed by atoms with Crippen LogP contribution >= 0.6 is 27.5 Å². The van der Waals surface area contributed by atoms with Crippen LogP contribution in [0.25, 0.3) is 11.0 Å². The van der Waals surface area contributed by atoms with Crippen LogP contribution < -0.4 is 4.90 Å². The van der Waals surface area contributed by atoms with Gasteiger partial charge in [0.25, 0.3) is 0 Å². The van der Waals surface area contributed by atoms with Crippen LogP contribution in [-0.4, -0.2) is 21.2 Å². The third-order valence-electron chi connectivity index (χ3n) is 3.69. The molecule has 28 heavy (non-hydrogen) atoms. The summed E-state index contributed by atoms with van der Waals surface area (Å²) in [5, 5.41) is 0.0446. The van der Waals surface area contributed by atoms with Gasteiger partial charge in [-0.15, -0.1) is 0 Å². The zero-order valence-corrected chi connectivity index (χ0v) is 17.6. The summed E-state index contributed by atoms with van der Waals surface area (Å²) in [6, 6.07) is 4.68. The van der Waals surface area contributed by atoms with E-state index in [-0.39, 0.29) is 28.4 Å². The van der Waals surface area contributed by atoms with Crippen molar-refractivity contribution in [1.29, 1.82) is 0 Å². The molecule has 0 radical (unpaired) electrons. The Morgan fingerprint density at radius 2 is 2.18 bits per heavy atom. The fourth-order valence-corrected chi connectivity index (χ4v) is 3.33. The maximum Gasteiger partial charge on any atom is 0.415 e. The summed E-state index contributed by atoms with van der Waals surface area (Å²) < 4.78 is 39.1. The molecule has 0 atom stereocenters. The first-order valence-electron chi connectivity index (χ1n) is 8.24. The zero-order chi connectivity index (χ0) is 20.6. The lowest BCUT2D eigenvalue weighted by Gasteiger charge is -2.27. The number of halogens is 4. The summed E-state index contributed by atoms with van der Waals surface area (Å²) in [5.41, 5.74) is -0.411. The monoisotopic (exact) mass is 475 g/mol. The zero-order valence-electron chi connectivity index (χ0n) is 15.2. The highest BCUT2D eigenvalue weighted by atomic mass is 79.9. The Hall–Kier alpha value is -2.13. The van der Waals surface area contributed by atoms with Crippen molar-refractivity contribution in [3.05, 3.63) is 46.0 Å². The van der Waals surface area contributed by atoms with E-state index < -0.39 is 18.2 Å². The molecule has 0 N–H and O–H groups in total. The van der Waals surface area contributed by atoms with Gasteiger partial charge in [0.1, 0.15) is 22.0 Å². The Labute approximate surface area is 173 Å². The van der Waals surface area contributed by atoms with Gasteiger partial charge in [-0.1, -0.05) is 11.6 Å². The molecule has 3 heterocycles. The van der Waals surface area contributed by atoms with Gasteiger partial charge in [0.15, 0.2) is 0 Å². The standard InChI is InChI=1S/C18H17BrClF2N3O3/c1-18(2,3)28-17(26)24(8-10-5-4-6-27-10)12-7-13(20)23-14-11(19)9-25(15(12)14)16(21)22/h4-7,9,16H,8H2,1-3H3. The molecule has 1 amide bonds. The Bertz CT molecular complexity index is 1000. The van der Waals surface area contributed by atoms with Crippen molar-refractivity contribution in [2.24, 2.45) is 0 Å². The van der Waals surface area contributed by atoms with Crippen molar-refractivity contribution >= 4 is 50.3 Å². The van der Waals surface area contributed by atoms with E-state index in [9.17, 15) is 13.6 Å². The largest absolute Gasteiger partial charge is 0.467 e. The quantitative estimate of drug-likeness (QED) is 0.410. The highest BCUT2D eigenvalue weighted by Crippen LogP contribution is 2.37. The highest BCUT2D eigenvalue weighted by molar-refractivity contribution is 9.10. The van der Waals surface area contributed by atoms with Gasteiger partial charge >= 0.3 is 12.6 Å². The second kappa shape index (κ2) is 7.71. The fraction of sp³-hybridized carbons (Fsp3) is 0.333. The average Bonchev–Trinajstić information content (AvgIpc) is 3.19. The lowest BCUT2D eigenvalue weighted by atomic mass is 10.2. The molecule has 10 heteroatoms. The molecule has 0 aromatic carbocycles. The van der Waals surface area contributed by atoms with Crippen LogP contribution in [0.2, 0.25) is 5.15 Å². The number of anilines is 1. The number of amides is 1. The molecular formula is C18H17BrClF2N3O3. The third-order valence-corrected chi connectivity index (χ3v) is 4.46. The molecule has 0 fully saturated rings. The second-order valence-corrected chi connectivity index (χ2v) is 8.21. The number of hydrogen-bond donors (Lipinski definition) is 0. The first kappa shape index (κ1) is 20.6. The average molecular weight is 477 g/mol.